The van der Waals surface area contributed by atoms with E-state index >= 15 is 0 Å². The minimum atomic E-state index is -0.0436. The molecule has 5 nitrogen and oxygen atoms in total. The Bertz CT molecular complexity index is 542. The second-order valence-electron chi connectivity index (χ2n) is 6.61. The maximum atomic E-state index is 12.2. The molecule has 1 aromatic carbocycles. The van der Waals surface area contributed by atoms with Gasteiger partial charge in [-0.05, 0) is 50.1 Å². The largest absolute Gasteiger partial charge is 0.494 e. The molecule has 1 saturated heterocycles. The molecule has 0 aromatic heterocycles. The minimum absolute atomic E-state index is 0. The van der Waals surface area contributed by atoms with E-state index < -0.39 is 0 Å². The van der Waals surface area contributed by atoms with Crippen LogP contribution in [0.25, 0.3) is 0 Å². The Kier molecular flexibility index (Phi) is 11.0. The zero-order chi connectivity index (χ0) is 17.9. The lowest BCUT2D eigenvalue weighted by Gasteiger charge is -2.23. The number of halogens is 1. The molecule has 1 aliphatic heterocycles. The van der Waals surface area contributed by atoms with E-state index in [1.54, 1.807) is 12.1 Å². The average molecular weight is 383 g/mol. The van der Waals surface area contributed by atoms with Crippen LogP contribution < -0.4 is 15.4 Å². The van der Waals surface area contributed by atoms with Gasteiger partial charge in [0.15, 0.2) is 5.78 Å². The fraction of sp³-hybridized carbons (Fsp3) is 0.600. The van der Waals surface area contributed by atoms with Crippen molar-refractivity contribution in [2.75, 3.05) is 19.7 Å². The quantitative estimate of drug-likeness (QED) is 0.480. The summed E-state index contributed by atoms with van der Waals surface area (Å²) >= 11 is 0. The molecule has 6 heteroatoms. The first-order valence-corrected chi connectivity index (χ1v) is 9.45. The number of ether oxygens (including phenoxy) is 1. The van der Waals surface area contributed by atoms with Crippen LogP contribution in [0, 0.1) is 0 Å². The molecule has 0 aliphatic carbocycles. The summed E-state index contributed by atoms with van der Waals surface area (Å²) in [5.74, 6) is 0.738. The summed E-state index contributed by atoms with van der Waals surface area (Å²) in [5, 5.41) is 6.26. The number of hydrogen-bond donors (Lipinski definition) is 2. The number of benzene rings is 1. The van der Waals surface area contributed by atoms with E-state index in [0.29, 0.717) is 12.2 Å². The van der Waals surface area contributed by atoms with E-state index in [4.69, 9.17) is 4.74 Å². The molecule has 1 amide bonds. The third-order valence-corrected chi connectivity index (χ3v) is 4.43. The molecule has 1 heterocycles. The molecule has 1 atom stereocenters. The number of nitrogens with one attached hydrogen (secondary N) is 2. The maximum absolute atomic E-state index is 12.2. The second kappa shape index (κ2) is 12.7. The zero-order valence-electron chi connectivity index (χ0n) is 15.6. The van der Waals surface area contributed by atoms with Gasteiger partial charge < -0.3 is 15.4 Å². The Labute approximate surface area is 162 Å². The van der Waals surface area contributed by atoms with Crippen molar-refractivity contribution in [2.45, 2.75) is 57.9 Å². The molecule has 1 unspecified atom stereocenters. The molecule has 146 valence electrons. The average Bonchev–Trinajstić information content (AvgIpc) is 2.64. The zero-order valence-corrected chi connectivity index (χ0v) is 16.4. The van der Waals surface area contributed by atoms with Gasteiger partial charge in [0, 0.05) is 31.0 Å². The van der Waals surface area contributed by atoms with E-state index in [2.05, 4.69) is 17.6 Å². The van der Waals surface area contributed by atoms with Gasteiger partial charge in [-0.25, -0.2) is 0 Å². The molecule has 0 radical (unpaired) electrons. The van der Waals surface area contributed by atoms with Gasteiger partial charge in [0.25, 0.3) is 0 Å². The summed E-state index contributed by atoms with van der Waals surface area (Å²) in [6, 6.07) is 7.40. The molecule has 0 saturated carbocycles. The normalized spacial score (nSPS) is 16.4. The maximum Gasteiger partial charge on any atom is 0.220 e. The standard InChI is InChI=1S/C20H30N2O3.ClH/c1-2-3-4-14-25-18-9-7-16(8-10-18)19(23)11-12-20(24)22-17-6-5-13-21-15-17;/h7-10,17,21H,2-6,11-15H2,1H3,(H,22,24);1H. The third-order valence-electron chi connectivity index (χ3n) is 4.43. The third kappa shape index (κ3) is 8.19. The predicted octanol–water partition coefficient (Wildman–Crippen LogP) is 3.51. The van der Waals surface area contributed by atoms with E-state index in [0.717, 1.165) is 44.5 Å². The van der Waals surface area contributed by atoms with Crippen molar-refractivity contribution < 1.29 is 14.3 Å². The van der Waals surface area contributed by atoms with Gasteiger partial charge in [0.2, 0.25) is 5.91 Å². The van der Waals surface area contributed by atoms with Crippen LogP contribution in [0.2, 0.25) is 0 Å². The number of carbonyl (C=O) groups is 2. The van der Waals surface area contributed by atoms with Crippen LogP contribution in [0.4, 0.5) is 0 Å². The van der Waals surface area contributed by atoms with Gasteiger partial charge in [-0.3, -0.25) is 9.59 Å². The predicted molar refractivity (Wildman–Crippen MR) is 106 cm³/mol. The summed E-state index contributed by atoms with van der Waals surface area (Å²) in [7, 11) is 0. The van der Waals surface area contributed by atoms with Crippen molar-refractivity contribution in [1.82, 2.24) is 10.6 Å². The van der Waals surface area contributed by atoms with Crippen LogP contribution in [0.15, 0.2) is 24.3 Å². The number of hydrogen-bond acceptors (Lipinski definition) is 4. The lowest BCUT2D eigenvalue weighted by atomic mass is 10.0. The highest BCUT2D eigenvalue weighted by Crippen LogP contribution is 2.15. The lowest BCUT2D eigenvalue weighted by molar-refractivity contribution is -0.121. The van der Waals surface area contributed by atoms with Crippen molar-refractivity contribution in [3.05, 3.63) is 29.8 Å². The second-order valence-corrected chi connectivity index (χ2v) is 6.61. The fourth-order valence-corrected chi connectivity index (χ4v) is 2.93. The topological polar surface area (TPSA) is 67.4 Å². The first kappa shape index (κ1) is 22.5. The summed E-state index contributed by atoms with van der Waals surface area (Å²) < 4.78 is 5.64. The summed E-state index contributed by atoms with van der Waals surface area (Å²) in [5.41, 5.74) is 0.632. The first-order chi connectivity index (χ1) is 12.2. The van der Waals surface area contributed by atoms with Crippen LogP contribution >= 0.6 is 12.4 Å². The lowest BCUT2D eigenvalue weighted by Crippen LogP contribution is -2.45. The Morgan fingerprint density at radius 1 is 1.19 bits per heavy atom. The molecule has 1 fully saturated rings. The highest BCUT2D eigenvalue weighted by atomic mass is 35.5. The van der Waals surface area contributed by atoms with Gasteiger partial charge in [-0.2, -0.15) is 0 Å². The molecule has 2 N–H and O–H groups in total. The Hall–Kier alpha value is -1.59. The Morgan fingerprint density at radius 2 is 1.96 bits per heavy atom. The Balaban J connectivity index is 0.00000338. The molecular weight excluding hydrogens is 352 g/mol. The van der Waals surface area contributed by atoms with Gasteiger partial charge in [-0.1, -0.05) is 19.8 Å². The SMILES string of the molecule is CCCCCOc1ccc(C(=O)CCC(=O)NC2CCCNC2)cc1.Cl. The molecule has 0 spiro atoms. The number of Topliss-reactive ketones (excluding diaryl/α,β-unsaturated/α-hetero) is 1. The van der Waals surface area contributed by atoms with Crippen molar-refractivity contribution >= 4 is 24.1 Å². The number of ketones is 1. The number of amides is 1. The van der Waals surface area contributed by atoms with E-state index in [1.165, 1.54) is 6.42 Å². The Morgan fingerprint density at radius 3 is 2.62 bits per heavy atom. The van der Waals surface area contributed by atoms with Crippen molar-refractivity contribution in [2.24, 2.45) is 0 Å². The molecule has 0 bridgehead atoms. The number of carbonyl (C=O) groups excluding carboxylic acids is 2. The van der Waals surface area contributed by atoms with Crippen molar-refractivity contribution in [1.29, 1.82) is 0 Å². The first-order valence-electron chi connectivity index (χ1n) is 9.45. The molecule has 26 heavy (non-hydrogen) atoms. The molecular formula is C20H31ClN2O3. The molecule has 2 rings (SSSR count). The van der Waals surface area contributed by atoms with Crippen LogP contribution in [-0.2, 0) is 4.79 Å². The van der Waals surface area contributed by atoms with Gasteiger partial charge in [0.05, 0.1) is 6.61 Å². The summed E-state index contributed by atoms with van der Waals surface area (Å²) in [4.78, 5) is 24.2. The summed E-state index contributed by atoms with van der Waals surface area (Å²) in [6.45, 7) is 4.70. The van der Waals surface area contributed by atoms with Gasteiger partial charge >= 0.3 is 0 Å². The van der Waals surface area contributed by atoms with Crippen LogP contribution in [0.5, 0.6) is 5.75 Å². The molecule has 1 aromatic rings. The van der Waals surface area contributed by atoms with Crippen molar-refractivity contribution in [3.63, 3.8) is 0 Å². The van der Waals surface area contributed by atoms with Crippen LogP contribution in [0.3, 0.4) is 0 Å². The van der Waals surface area contributed by atoms with Gasteiger partial charge in [0.1, 0.15) is 5.75 Å². The fourth-order valence-electron chi connectivity index (χ4n) is 2.93. The number of unbranched alkanes of at least 4 members (excludes halogenated alkanes) is 2. The highest BCUT2D eigenvalue weighted by Gasteiger charge is 2.16. The van der Waals surface area contributed by atoms with Crippen LogP contribution in [-0.4, -0.2) is 37.4 Å². The van der Waals surface area contributed by atoms with E-state index in [1.807, 2.05) is 12.1 Å². The number of rotatable bonds is 10. The van der Waals surface area contributed by atoms with Crippen LogP contribution in [0.1, 0.15) is 62.2 Å². The van der Waals surface area contributed by atoms with Gasteiger partial charge in [-0.15, -0.1) is 12.4 Å². The van der Waals surface area contributed by atoms with E-state index in [-0.39, 0.29) is 43.0 Å². The monoisotopic (exact) mass is 382 g/mol. The van der Waals surface area contributed by atoms with Crippen molar-refractivity contribution in [3.8, 4) is 5.75 Å². The highest BCUT2D eigenvalue weighted by molar-refractivity contribution is 5.98. The minimum Gasteiger partial charge on any atom is -0.494 e. The number of piperidine rings is 1. The smallest absolute Gasteiger partial charge is 0.220 e. The molecule has 1 aliphatic rings. The van der Waals surface area contributed by atoms with E-state index in [9.17, 15) is 9.59 Å². The summed E-state index contributed by atoms with van der Waals surface area (Å²) in [6.07, 6.45) is 5.94.